The van der Waals surface area contributed by atoms with Gasteiger partial charge < -0.3 is 0 Å². The first-order valence-corrected chi connectivity index (χ1v) is 6.32. The Morgan fingerprint density at radius 3 is 2.60 bits per heavy atom. The van der Waals surface area contributed by atoms with E-state index in [2.05, 4.69) is 20.8 Å². The van der Waals surface area contributed by atoms with E-state index in [4.69, 9.17) is 0 Å². The molecule has 1 aromatic carbocycles. The Labute approximate surface area is 115 Å². The van der Waals surface area contributed by atoms with Gasteiger partial charge in [-0.25, -0.2) is 14.4 Å². The molecule has 1 aliphatic rings. The number of carbonyl (C=O) groups is 1. The van der Waals surface area contributed by atoms with Crippen LogP contribution in [0.4, 0.5) is 10.3 Å². The normalized spacial score (nSPS) is 20.2. The van der Waals surface area contributed by atoms with Crippen LogP contribution in [0.25, 0.3) is 0 Å². The SMILES string of the molecule is O=C(NNc1ncccn1)[C@H]1C[C@@H]1c1ccc(F)cc1. The zero-order valence-electron chi connectivity index (χ0n) is 10.6. The van der Waals surface area contributed by atoms with Gasteiger partial charge in [-0.1, -0.05) is 12.1 Å². The van der Waals surface area contributed by atoms with Crippen molar-refractivity contribution in [2.75, 3.05) is 5.43 Å². The number of hydrogen-bond acceptors (Lipinski definition) is 4. The van der Waals surface area contributed by atoms with Crippen LogP contribution in [0.5, 0.6) is 0 Å². The molecule has 1 aromatic heterocycles. The highest BCUT2D eigenvalue weighted by Gasteiger charge is 2.43. The Balaban J connectivity index is 1.54. The minimum Gasteiger partial charge on any atom is -0.273 e. The summed E-state index contributed by atoms with van der Waals surface area (Å²) < 4.78 is 12.8. The van der Waals surface area contributed by atoms with Crippen LogP contribution >= 0.6 is 0 Å². The van der Waals surface area contributed by atoms with E-state index in [1.807, 2.05) is 0 Å². The fourth-order valence-electron chi connectivity index (χ4n) is 2.14. The topological polar surface area (TPSA) is 66.9 Å². The van der Waals surface area contributed by atoms with Gasteiger partial charge in [-0.2, -0.15) is 0 Å². The molecule has 102 valence electrons. The van der Waals surface area contributed by atoms with Crippen LogP contribution in [0.2, 0.25) is 0 Å². The van der Waals surface area contributed by atoms with Gasteiger partial charge in [-0.05, 0) is 36.1 Å². The minimum atomic E-state index is -0.265. The summed E-state index contributed by atoms with van der Waals surface area (Å²) in [7, 11) is 0. The number of hydrazine groups is 1. The molecule has 1 fully saturated rings. The zero-order valence-corrected chi connectivity index (χ0v) is 10.6. The molecule has 1 amide bonds. The van der Waals surface area contributed by atoms with E-state index in [1.165, 1.54) is 12.1 Å². The number of carbonyl (C=O) groups excluding carboxylic acids is 1. The van der Waals surface area contributed by atoms with Crippen molar-refractivity contribution in [2.45, 2.75) is 12.3 Å². The molecule has 1 aliphatic carbocycles. The summed E-state index contributed by atoms with van der Waals surface area (Å²) >= 11 is 0. The second-order valence-corrected chi connectivity index (χ2v) is 4.69. The lowest BCUT2D eigenvalue weighted by molar-refractivity contribution is -0.121. The number of benzene rings is 1. The third-order valence-corrected chi connectivity index (χ3v) is 3.29. The standard InChI is InChI=1S/C14H13FN4O/c15-10-4-2-9(3-5-10)11-8-12(11)13(20)18-19-14-16-6-1-7-17-14/h1-7,11-12H,8H2,(H,18,20)(H,16,17,19)/t11-,12+/m1/s1. The van der Waals surface area contributed by atoms with Crippen LogP contribution in [0.1, 0.15) is 17.9 Å². The molecule has 5 nitrogen and oxygen atoms in total. The summed E-state index contributed by atoms with van der Waals surface area (Å²) in [6.07, 6.45) is 3.94. The van der Waals surface area contributed by atoms with Crippen molar-refractivity contribution in [3.63, 3.8) is 0 Å². The summed E-state index contributed by atoms with van der Waals surface area (Å²) in [4.78, 5) is 19.8. The van der Waals surface area contributed by atoms with E-state index >= 15 is 0 Å². The van der Waals surface area contributed by atoms with Crippen LogP contribution in [0.3, 0.4) is 0 Å². The molecule has 1 heterocycles. The third kappa shape index (κ3) is 2.74. The summed E-state index contributed by atoms with van der Waals surface area (Å²) in [6, 6.07) is 7.97. The third-order valence-electron chi connectivity index (χ3n) is 3.29. The molecule has 2 aromatic rings. The Morgan fingerprint density at radius 1 is 1.20 bits per heavy atom. The van der Waals surface area contributed by atoms with Crippen molar-refractivity contribution in [3.8, 4) is 0 Å². The molecule has 0 radical (unpaired) electrons. The molecule has 2 N–H and O–H groups in total. The van der Waals surface area contributed by atoms with Gasteiger partial charge in [0.25, 0.3) is 0 Å². The van der Waals surface area contributed by atoms with Gasteiger partial charge in [0.05, 0.1) is 0 Å². The number of aromatic nitrogens is 2. The molecule has 6 heteroatoms. The van der Waals surface area contributed by atoms with Crippen LogP contribution in [0, 0.1) is 11.7 Å². The molecule has 3 rings (SSSR count). The van der Waals surface area contributed by atoms with Crippen molar-refractivity contribution in [1.29, 1.82) is 0 Å². The van der Waals surface area contributed by atoms with E-state index in [9.17, 15) is 9.18 Å². The maximum Gasteiger partial charge on any atom is 0.242 e. The number of halogens is 1. The number of nitrogens with one attached hydrogen (secondary N) is 2. The summed E-state index contributed by atoms with van der Waals surface area (Å²) in [5.41, 5.74) is 6.24. The first kappa shape index (κ1) is 12.5. The monoisotopic (exact) mass is 272 g/mol. The zero-order chi connectivity index (χ0) is 13.9. The highest BCUT2D eigenvalue weighted by Crippen LogP contribution is 2.47. The van der Waals surface area contributed by atoms with Gasteiger partial charge in [-0.3, -0.25) is 15.6 Å². The first-order chi connectivity index (χ1) is 9.74. The van der Waals surface area contributed by atoms with Crippen molar-refractivity contribution in [1.82, 2.24) is 15.4 Å². The average molecular weight is 272 g/mol. The smallest absolute Gasteiger partial charge is 0.242 e. The number of nitrogens with zero attached hydrogens (tertiary/aromatic N) is 2. The molecular formula is C14H13FN4O. The predicted molar refractivity (Wildman–Crippen MR) is 71.0 cm³/mol. The molecule has 0 aliphatic heterocycles. The van der Waals surface area contributed by atoms with E-state index in [-0.39, 0.29) is 23.6 Å². The predicted octanol–water partition coefficient (Wildman–Crippen LogP) is 1.86. The average Bonchev–Trinajstić information content (AvgIpc) is 3.27. The van der Waals surface area contributed by atoms with E-state index in [1.54, 1.807) is 30.6 Å². The maximum atomic E-state index is 12.8. The summed E-state index contributed by atoms with van der Waals surface area (Å²) in [5.74, 6) is 0.0515. The molecule has 0 unspecified atom stereocenters. The minimum absolute atomic E-state index is 0.0864. The highest BCUT2D eigenvalue weighted by molar-refractivity contribution is 5.83. The van der Waals surface area contributed by atoms with Crippen molar-refractivity contribution >= 4 is 11.9 Å². The second-order valence-electron chi connectivity index (χ2n) is 4.69. The molecular weight excluding hydrogens is 259 g/mol. The molecule has 0 spiro atoms. The van der Waals surface area contributed by atoms with Crippen molar-refractivity contribution in [3.05, 3.63) is 54.1 Å². The Kier molecular flexibility index (Phi) is 3.28. The molecule has 2 atom stereocenters. The lowest BCUT2D eigenvalue weighted by Gasteiger charge is -2.06. The van der Waals surface area contributed by atoms with Crippen molar-refractivity contribution in [2.24, 2.45) is 5.92 Å². The quantitative estimate of drug-likeness (QED) is 0.834. The van der Waals surface area contributed by atoms with Gasteiger partial charge >= 0.3 is 0 Å². The number of amides is 1. The Morgan fingerprint density at radius 2 is 1.90 bits per heavy atom. The first-order valence-electron chi connectivity index (χ1n) is 6.32. The number of rotatable bonds is 4. The maximum absolute atomic E-state index is 12.8. The van der Waals surface area contributed by atoms with E-state index in [0.29, 0.717) is 5.95 Å². The van der Waals surface area contributed by atoms with Gasteiger partial charge in [-0.15, -0.1) is 0 Å². The summed E-state index contributed by atoms with van der Waals surface area (Å²) in [6.45, 7) is 0. The van der Waals surface area contributed by atoms with Crippen molar-refractivity contribution < 1.29 is 9.18 Å². The molecule has 0 bridgehead atoms. The van der Waals surface area contributed by atoms with Crippen LogP contribution in [0.15, 0.2) is 42.7 Å². The van der Waals surface area contributed by atoms with Crippen LogP contribution in [-0.2, 0) is 4.79 Å². The fourth-order valence-corrected chi connectivity index (χ4v) is 2.14. The van der Waals surface area contributed by atoms with Crippen LogP contribution < -0.4 is 10.9 Å². The Hall–Kier alpha value is -2.50. The number of hydrogen-bond donors (Lipinski definition) is 2. The highest BCUT2D eigenvalue weighted by atomic mass is 19.1. The van der Waals surface area contributed by atoms with Gasteiger partial charge in [0.1, 0.15) is 5.82 Å². The van der Waals surface area contributed by atoms with Gasteiger partial charge in [0.15, 0.2) is 0 Å². The van der Waals surface area contributed by atoms with E-state index < -0.39 is 0 Å². The fraction of sp³-hybridized carbons (Fsp3) is 0.214. The van der Waals surface area contributed by atoms with E-state index in [0.717, 1.165) is 12.0 Å². The summed E-state index contributed by atoms with van der Waals surface area (Å²) in [5, 5.41) is 0. The molecule has 1 saturated carbocycles. The largest absolute Gasteiger partial charge is 0.273 e. The molecule has 20 heavy (non-hydrogen) atoms. The molecule has 0 saturated heterocycles. The van der Waals surface area contributed by atoms with Gasteiger partial charge in [0, 0.05) is 18.3 Å². The van der Waals surface area contributed by atoms with Gasteiger partial charge in [0.2, 0.25) is 11.9 Å². The lowest BCUT2D eigenvalue weighted by atomic mass is 10.1. The number of anilines is 1. The Bertz CT molecular complexity index is 602. The second kappa shape index (κ2) is 5.24. The lowest BCUT2D eigenvalue weighted by Crippen LogP contribution is -2.31. The van der Waals surface area contributed by atoms with Crippen LogP contribution in [-0.4, -0.2) is 15.9 Å².